The number of rotatable bonds is 6. The van der Waals surface area contributed by atoms with Crippen LogP contribution in [0.2, 0.25) is 0 Å². The molecule has 0 aliphatic carbocycles. The normalized spacial score (nSPS) is 12.4. The van der Waals surface area contributed by atoms with Gasteiger partial charge in [-0.3, -0.25) is 4.79 Å². The first-order chi connectivity index (χ1) is 7.67. The summed E-state index contributed by atoms with van der Waals surface area (Å²) in [5.74, 6) is -0.918. The number of carboxylic acid groups (broad SMARTS) is 1. The van der Waals surface area contributed by atoms with Gasteiger partial charge in [0.05, 0.1) is 5.92 Å². The highest BCUT2D eigenvalue weighted by molar-refractivity contribution is 5.70. The maximum Gasteiger partial charge on any atom is 0.306 e. The molecule has 1 aromatic carbocycles. The highest BCUT2D eigenvalue weighted by atomic mass is 16.4. The van der Waals surface area contributed by atoms with E-state index in [-0.39, 0.29) is 5.92 Å². The molecule has 0 radical (unpaired) electrons. The Balaban J connectivity index is 2.65. The Labute approximate surface area is 97.3 Å². The van der Waals surface area contributed by atoms with Gasteiger partial charge >= 0.3 is 5.97 Å². The monoisotopic (exact) mass is 220 g/mol. The van der Waals surface area contributed by atoms with Crippen molar-refractivity contribution in [3.63, 3.8) is 0 Å². The third-order valence-corrected chi connectivity index (χ3v) is 2.90. The zero-order valence-electron chi connectivity index (χ0n) is 10.1. The molecule has 16 heavy (non-hydrogen) atoms. The second-order valence-corrected chi connectivity index (χ2v) is 4.20. The predicted molar refractivity (Wildman–Crippen MR) is 65.6 cm³/mol. The Hall–Kier alpha value is -1.31. The molecule has 2 heteroatoms. The van der Waals surface area contributed by atoms with E-state index in [1.54, 1.807) is 0 Å². The number of hydrogen-bond donors (Lipinski definition) is 1. The van der Waals surface area contributed by atoms with Crippen LogP contribution >= 0.6 is 0 Å². The summed E-state index contributed by atoms with van der Waals surface area (Å²) in [7, 11) is 0. The topological polar surface area (TPSA) is 37.3 Å². The molecule has 0 saturated carbocycles. The molecule has 0 aliphatic rings. The van der Waals surface area contributed by atoms with Crippen LogP contribution in [0.1, 0.15) is 37.8 Å². The summed E-state index contributed by atoms with van der Waals surface area (Å²) in [5.41, 5.74) is 2.42. The van der Waals surface area contributed by atoms with E-state index in [1.807, 2.05) is 19.1 Å². The van der Waals surface area contributed by atoms with Crippen molar-refractivity contribution in [3.05, 3.63) is 35.4 Å². The second kappa shape index (κ2) is 6.31. The van der Waals surface area contributed by atoms with E-state index in [1.165, 1.54) is 5.56 Å². The first-order valence-corrected chi connectivity index (χ1v) is 5.98. The van der Waals surface area contributed by atoms with E-state index in [9.17, 15) is 4.79 Å². The summed E-state index contributed by atoms with van der Waals surface area (Å²) in [4.78, 5) is 11.0. The summed E-state index contributed by atoms with van der Waals surface area (Å²) in [5, 5.41) is 9.07. The van der Waals surface area contributed by atoms with Gasteiger partial charge in [0.2, 0.25) is 0 Å². The maximum atomic E-state index is 11.0. The van der Waals surface area contributed by atoms with Crippen molar-refractivity contribution in [1.29, 1.82) is 0 Å². The van der Waals surface area contributed by atoms with Crippen LogP contribution in [0.3, 0.4) is 0 Å². The molecule has 1 rings (SSSR count). The highest BCUT2D eigenvalue weighted by Crippen LogP contribution is 2.15. The second-order valence-electron chi connectivity index (χ2n) is 4.20. The molecule has 2 nitrogen and oxygen atoms in total. The van der Waals surface area contributed by atoms with Gasteiger partial charge in [-0.2, -0.15) is 0 Å². The van der Waals surface area contributed by atoms with Gasteiger partial charge in [0, 0.05) is 0 Å². The summed E-state index contributed by atoms with van der Waals surface area (Å²) in [6, 6.07) is 8.26. The number of aryl methyl sites for hydroxylation is 1. The van der Waals surface area contributed by atoms with Gasteiger partial charge < -0.3 is 5.11 Å². The van der Waals surface area contributed by atoms with Crippen LogP contribution in [-0.4, -0.2) is 11.1 Å². The summed E-state index contributed by atoms with van der Waals surface area (Å²) < 4.78 is 0. The first-order valence-electron chi connectivity index (χ1n) is 5.98. The van der Waals surface area contributed by atoms with Crippen LogP contribution < -0.4 is 0 Å². The minimum atomic E-state index is -0.679. The van der Waals surface area contributed by atoms with Crippen molar-refractivity contribution in [2.24, 2.45) is 5.92 Å². The van der Waals surface area contributed by atoms with Crippen LogP contribution in [0.5, 0.6) is 0 Å². The van der Waals surface area contributed by atoms with Crippen LogP contribution in [0.25, 0.3) is 0 Å². The van der Waals surface area contributed by atoms with E-state index in [0.29, 0.717) is 6.42 Å². The lowest BCUT2D eigenvalue weighted by Crippen LogP contribution is -2.16. The number of hydrogen-bond acceptors (Lipinski definition) is 1. The van der Waals surface area contributed by atoms with Crippen molar-refractivity contribution in [2.45, 2.75) is 39.5 Å². The van der Waals surface area contributed by atoms with Gasteiger partial charge in [-0.15, -0.1) is 0 Å². The van der Waals surface area contributed by atoms with Crippen molar-refractivity contribution < 1.29 is 9.90 Å². The van der Waals surface area contributed by atoms with Crippen molar-refractivity contribution in [2.75, 3.05) is 0 Å². The molecule has 0 aromatic heterocycles. The lowest BCUT2D eigenvalue weighted by atomic mass is 9.94. The molecule has 0 aliphatic heterocycles. The Kier molecular flexibility index (Phi) is 5.03. The van der Waals surface area contributed by atoms with E-state index < -0.39 is 5.97 Å². The van der Waals surface area contributed by atoms with Crippen molar-refractivity contribution in [1.82, 2.24) is 0 Å². The third kappa shape index (κ3) is 3.69. The molecule has 88 valence electrons. The van der Waals surface area contributed by atoms with Crippen LogP contribution in [0.4, 0.5) is 0 Å². The SMILES string of the molecule is CCCC(Cc1ccc(CC)cc1)C(=O)O. The number of carboxylic acids is 1. The van der Waals surface area contributed by atoms with Crippen molar-refractivity contribution in [3.8, 4) is 0 Å². The van der Waals surface area contributed by atoms with Crippen LogP contribution in [0, 0.1) is 5.92 Å². The summed E-state index contributed by atoms with van der Waals surface area (Å²) >= 11 is 0. The quantitative estimate of drug-likeness (QED) is 0.798. The third-order valence-electron chi connectivity index (χ3n) is 2.90. The Morgan fingerprint density at radius 2 is 1.75 bits per heavy atom. The summed E-state index contributed by atoms with van der Waals surface area (Å²) in [6.45, 7) is 4.14. The Bertz CT molecular complexity index is 327. The molecule has 0 heterocycles. The fraction of sp³-hybridized carbons (Fsp3) is 0.500. The van der Waals surface area contributed by atoms with E-state index in [0.717, 1.165) is 24.8 Å². The van der Waals surface area contributed by atoms with Gasteiger partial charge in [0.1, 0.15) is 0 Å². The number of carbonyl (C=O) groups is 1. The molecular formula is C14H20O2. The lowest BCUT2D eigenvalue weighted by Gasteiger charge is -2.11. The molecule has 1 aromatic rings. The molecular weight excluding hydrogens is 200 g/mol. The van der Waals surface area contributed by atoms with Gasteiger partial charge in [0.25, 0.3) is 0 Å². The molecule has 1 atom stereocenters. The lowest BCUT2D eigenvalue weighted by molar-refractivity contribution is -0.141. The molecule has 1 unspecified atom stereocenters. The predicted octanol–water partition coefficient (Wildman–Crippen LogP) is 3.29. The highest BCUT2D eigenvalue weighted by Gasteiger charge is 2.16. The fourth-order valence-corrected chi connectivity index (χ4v) is 1.86. The molecule has 0 bridgehead atoms. The summed E-state index contributed by atoms with van der Waals surface area (Å²) in [6.07, 6.45) is 3.35. The van der Waals surface area contributed by atoms with Crippen molar-refractivity contribution >= 4 is 5.97 Å². The zero-order valence-corrected chi connectivity index (χ0v) is 10.1. The molecule has 0 fully saturated rings. The smallest absolute Gasteiger partial charge is 0.306 e. The molecule has 0 spiro atoms. The van der Waals surface area contributed by atoms with E-state index >= 15 is 0 Å². The average Bonchev–Trinajstić information content (AvgIpc) is 2.29. The van der Waals surface area contributed by atoms with Gasteiger partial charge in [-0.05, 0) is 30.4 Å². The molecule has 1 N–H and O–H groups in total. The Morgan fingerprint density at radius 1 is 1.19 bits per heavy atom. The largest absolute Gasteiger partial charge is 0.481 e. The Morgan fingerprint density at radius 3 is 2.19 bits per heavy atom. The maximum absolute atomic E-state index is 11.0. The molecule has 0 saturated heterocycles. The first kappa shape index (κ1) is 12.8. The van der Waals surface area contributed by atoms with E-state index in [4.69, 9.17) is 5.11 Å². The zero-order chi connectivity index (χ0) is 12.0. The number of benzene rings is 1. The standard InChI is InChI=1S/C14H20O2/c1-3-5-13(14(15)16)10-12-8-6-11(4-2)7-9-12/h6-9,13H,3-5,10H2,1-2H3,(H,15,16). The van der Waals surface area contributed by atoms with E-state index in [2.05, 4.69) is 19.1 Å². The van der Waals surface area contributed by atoms with Crippen LogP contribution in [0.15, 0.2) is 24.3 Å². The van der Waals surface area contributed by atoms with Gasteiger partial charge in [-0.25, -0.2) is 0 Å². The minimum absolute atomic E-state index is 0.238. The van der Waals surface area contributed by atoms with Crippen LogP contribution in [-0.2, 0) is 17.6 Å². The number of aliphatic carboxylic acids is 1. The average molecular weight is 220 g/mol. The van der Waals surface area contributed by atoms with Gasteiger partial charge in [0.15, 0.2) is 0 Å². The molecule has 0 amide bonds. The van der Waals surface area contributed by atoms with Gasteiger partial charge in [-0.1, -0.05) is 44.5 Å². The fourth-order valence-electron chi connectivity index (χ4n) is 1.86. The minimum Gasteiger partial charge on any atom is -0.481 e.